The quantitative estimate of drug-likeness (QED) is 0.795. The van der Waals surface area contributed by atoms with Crippen molar-refractivity contribution in [3.63, 3.8) is 0 Å². The van der Waals surface area contributed by atoms with E-state index in [0.29, 0.717) is 5.95 Å². The van der Waals surface area contributed by atoms with E-state index in [9.17, 15) is 0 Å². The first-order chi connectivity index (χ1) is 9.70. The van der Waals surface area contributed by atoms with E-state index in [1.54, 1.807) is 6.33 Å². The second-order valence-electron chi connectivity index (χ2n) is 4.69. The van der Waals surface area contributed by atoms with Crippen LogP contribution in [0, 0.1) is 6.92 Å². The Labute approximate surface area is 118 Å². The average molecular weight is 275 g/mol. The van der Waals surface area contributed by atoms with Crippen molar-refractivity contribution >= 4 is 11.8 Å². The van der Waals surface area contributed by atoms with Crippen LogP contribution in [0.15, 0.2) is 12.5 Å². The van der Waals surface area contributed by atoms with Crippen molar-refractivity contribution in [3.05, 3.63) is 23.9 Å². The zero-order valence-corrected chi connectivity index (χ0v) is 12.2. The Morgan fingerprint density at radius 2 is 2.10 bits per heavy atom. The zero-order chi connectivity index (χ0) is 14.4. The first-order valence-corrected chi connectivity index (χ1v) is 6.85. The van der Waals surface area contributed by atoms with Gasteiger partial charge in [0.05, 0.1) is 0 Å². The molecule has 7 nitrogen and oxygen atoms in total. The molecule has 0 atom stereocenters. The van der Waals surface area contributed by atoms with Crippen molar-refractivity contribution in [2.24, 2.45) is 7.05 Å². The fraction of sp³-hybridized carbons (Fsp3) is 0.538. The van der Waals surface area contributed by atoms with Crippen LogP contribution in [0.1, 0.15) is 24.7 Å². The molecule has 0 fully saturated rings. The Morgan fingerprint density at radius 3 is 2.80 bits per heavy atom. The van der Waals surface area contributed by atoms with E-state index >= 15 is 0 Å². The third-order valence-electron chi connectivity index (χ3n) is 2.95. The highest BCUT2D eigenvalue weighted by Gasteiger charge is 2.04. The molecule has 0 aliphatic carbocycles. The van der Waals surface area contributed by atoms with Crippen molar-refractivity contribution in [2.45, 2.75) is 26.7 Å². The van der Waals surface area contributed by atoms with Gasteiger partial charge in [-0.05, 0) is 13.3 Å². The van der Waals surface area contributed by atoms with E-state index in [1.807, 2.05) is 24.7 Å². The molecule has 108 valence electrons. The van der Waals surface area contributed by atoms with E-state index in [0.717, 1.165) is 43.1 Å². The van der Waals surface area contributed by atoms with Crippen LogP contribution in [-0.4, -0.2) is 37.8 Å². The lowest BCUT2D eigenvalue weighted by molar-refractivity contribution is 0.786. The lowest BCUT2D eigenvalue weighted by atomic mass is 10.3. The van der Waals surface area contributed by atoms with Crippen LogP contribution in [0.5, 0.6) is 0 Å². The summed E-state index contributed by atoms with van der Waals surface area (Å²) in [6.45, 7) is 5.74. The van der Waals surface area contributed by atoms with Crippen LogP contribution < -0.4 is 10.6 Å². The number of aromatic nitrogens is 5. The molecule has 2 aromatic heterocycles. The molecule has 0 aliphatic rings. The molecule has 0 saturated carbocycles. The summed E-state index contributed by atoms with van der Waals surface area (Å²) in [5.41, 5.74) is 1.03. The molecule has 0 spiro atoms. The number of aryl methyl sites for hydroxylation is 2. The lowest BCUT2D eigenvalue weighted by Gasteiger charge is -2.10. The number of nitrogens with zero attached hydrogens (tertiary/aromatic N) is 5. The first-order valence-electron chi connectivity index (χ1n) is 6.85. The summed E-state index contributed by atoms with van der Waals surface area (Å²) in [5, 5.41) is 14.4. The Kier molecular flexibility index (Phi) is 4.86. The van der Waals surface area contributed by atoms with Crippen molar-refractivity contribution in [2.75, 3.05) is 23.7 Å². The summed E-state index contributed by atoms with van der Waals surface area (Å²) in [6, 6.07) is 0. The van der Waals surface area contributed by atoms with Crippen LogP contribution in [0.3, 0.4) is 0 Å². The predicted octanol–water partition coefficient (Wildman–Crippen LogP) is 1.39. The Morgan fingerprint density at radius 1 is 1.25 bits per heavy atom. The number of rotatable bonds is 7. The standard InChI is InChI=1S/C13H21N7/c1-4-6-15-13-16-8-10(2)12(18-13)14-7-5-11-19-17-9-20(11)3/h8-9H,4-7H2,1-3H3,(H2,14,15,16,18). The van der Waals surface area contributed by atoms with Gasteiger partial charge in [0.1, 0.15) is 18.0 Å². The van der Waals surface area contributed by atoms with Gasteiger partial charge in [0.2, 0.25) is 5.95 Å². The van der Waals surface area contributed by atoms with Gasteiger partial charge in [0.25, 0.3) is 0 Å². The van der Waals surface area contributed by atoms with Crippen LogP contribution in [0.25, 0.3) is 0 Å². The molecule has 0 amide bonds. The average Bonchev–Trinajstić information content (AvgIpc) is 2.85. The van der Waals surface area contributed by atoms with Gasteiger partial charge < -0.3 is 15.2 Å². The van der Waals surface area contributed by atoms with Crippen molar-refractivity contribution < 1.29 is 0 Å². The Hall–Kier alpha value is -2.18. The number of hydrogen-bond acceptors (Lipinski definition) is 6. The topological polar surface area (TPSA) is 80.5 Å². The van der Waals surface area contributed by atoms with Gasteiger partial charge >= 0.3 is 0 Å². The highest BCUT2D eigenvalue weighted by molar-refractivity contribution is 5.46. The molecule has 20 heavy (non-hydrogen) atoms. The smallest absolute Gasteiger partial charge is 0.224 e. The molecule has 2 aromatic rings. The molecular weight excluding hydrogens is 254 g/mol. The van der Waals surface area contributed by atoms with Crippen LogP contribution >= 0.6 is 0 Å². The lowest BCUT2D eigenvalue weighted by Crippen LogP contribution is -2.12. The minimum atomic E-state index is 0.665. The molecule has 2 heterocycles. The minimum Gasteiger partial charge on any atom is -0.369 e. The monoisotopic (exact) mass is 275 g/mol. The molecule has 0 bridgehead atoms. The van der Waals surface area contributed by atoms with E-state index in [2.05, 4.69) is 37.7 Å². The molecular formula is C13H21N7. The highest BCUT2D eigenvalue weighted by atomic mass is 15.2. The molecule has 0 unspecified atom stereocenters. The molecule has 7 heteroatoms. The van der Waals surface area contributed by atoms with E-state index < -0.39 is 0 Å². The summed E-state index contributed by atoms with van der Waals surface area (Å²) in [7, 11) is 1.94. The zero-order valence-electron chi connectivity index (χ0n) is 12.2. The second kappa shape index (κ2) is 6.83. The summed E-state index contributed by atoms with van der Waals surface area (Å²) in [5.74, 6) is 2.48. The number of hydrogen-bond donors (Lipinski definition) is 2. The fourth-order valence-electron chi connectivity index (χ4n) is 1.77. The number of anilines is 2. The SMILES string of the molecule is CCCNc1ncc(C)c(NCCc2nncn2C)n1. The largest absolute Gasteiger partial charge is 0.369 e. The maximum absolute atomic E-state index is 4.47. The van der Waals surface area contributed by atoms with Gasteiger partial charge in [-0.15, -0.1) is 10.2 Å². The summed E-state index contributed by atoms with van der Waals surface area (Å²) in [6.07, 6.45) is 5.39. The molecule has 0 saturated heterocycles. The van der Waals surface area contributed by atoms with E-state index in [4.69, 9.17) is 0 Å². The third-order valence-corrected chi connectivity index (χ3v) is 2.95. The van der Waals surface area contributed by atoms with Gasteiger partial charge in [-0.1, -0.05) is 6.92 Å². The van der Waals surface area contributed by atoms with Gasteiger partial charge in [-0.25, -0.2) is 4.98 Å². The third kappa shape index (κ3) is 3.66. The minimum absolute atomic E-state index is 0.665. The van der Waals surface area contributed by atoms with Crippen molar-refractivity contribution in [3.8, 4) is 0 Å². The maximum Gasteiger partial charge on any atom is 0.224 e. The van der Waals surface area contributed by atoms with Crippen LogP contribution in [0.4, 0.5) is 11.8 Å². The Balaban J connectivity index is 1.92. The highest BCUT2D eigenvalue weighted by Crippen LogP contribution is 2.12. The number of nitrogens with one attached hydrogen (secondary N) is 2. The predicted molar refractivity (Wildman–Crippen MR) is 78.7 cm³/mol. The molecule has 0 radical (unpaired) electrons. The van der Waals surface area contributed by atoms with Crippen molar-refractivity contribution in [1.82, 2.24) is 24.7 Å². The fourth-order valence-corrected chi connectivity index (χ4v) is 1.77. The maximum atomic E-state index is 4.47. The van der Waals surface area contributed by atoms with E-state index in [-0.39, 0.29) is 0 Å². The normalized spacial score (nSPS) is 10.6. The van der Waals surface area contributed by atoms with Gasteiger partial charge in [0, 0.05) is 38.3 Å². The van der Waals surface area contributed by atoms with Crippen LogP contribution in [-0.2, 0) is 13.5 Å². The molecule has 2 rings (SSSR count). The van der Waals surface area contributed by atoms with Crippen LogP contribution in [0.2, 0.25) is 0 Å². The van der Waals surface area contributed by atoms with Gasteiger partial charge in [-0.2, -0.15) is 4.98 Å². The summed E-state index contributed by atoms with van der Waals surface area (Å²) < 4.78 is 1.92. The van der Waals surface area contributed by atoms with E-state index in [1.165, 1.54) is 0 Å². The van der Waals surface area contributed by atoms with Crippen molar-refractivity contribution in [1.29, 1.82) is 0 Å². The second-order valence-corrected chi connectivity index (χ2v) is 4.69. The molecule has 0 aliphatic heterocycles. The Bertz CT molecular complexity index is 549. The van der Waals surface area contributed by atoms with Gasteiger partial charge in [-0.3, -0.25) is 0 Å². The molecule has 2 N–H and O–H groups in total. The summed E-state index contributed by atoms with van der Waals surface area (Å²) in [4.78, 5) is 8.73. The summed E-state index contributed by atoms with van der Waals surface area (Å²) >= 11 is 0. The van der Waals surface area contributed by atoms with Gasteiger partial charge in [0.15, 0.2) is 0 Å². The molecule has 0 aromatic carbocycles. The first kappa shape index (κ1) is 14.2.